The van der Waals surface area contributed by atoms with Gasteiger partial charge in [-0.05, 0) is 29.8 Å². The Balaban J connectivity index is 1.90. The van der Waals surface area contributed by atoms with Crippen molar-refractivity contribution in [3.8, 4) is 0 Å². The third-order valence-corrected chi connectivity index (χ3v) is 4.88. The van der Waals surface area contributed by atoms with Crippen LogP contribution in [0.25, 0.3) is 10.9 Å². The van der Waals surface area contributed by atoms with Crippen LogP contribution in [0, 0.1) is 0 Å². The van der Waals surface area contributed by atoms with E-state index < -0.39 is 15.9 Å². The smallest absolute Gasteiger partial charge is 0.267 e. The number of rotatable bonds is 4. The fourth-order valence-electron chi connectivity index (χ4n) is 2.31. The van der Waals surface area contributed by atoms with Gasteiger partial charge in [-0.25, -0.2) is 13.1 Å². The van der Waals surface area contributed by atoms with Crippen LogP contribution < -0.4 is 10.5 Å². The number of nitrogens with one attached hydrogen (secondary N) is 2. The van der Waals surface area contributed by atoms with Crippen LogP contribution in [-0.4, -0.2) is 19.3 Å². The summed E-state index contributed by atoms with van der Waals surface area (Å²) in [6.07, 6.45) is 1.70. The molecule has 1 heterocycles. The standard InChI is InChI=1S/C16H15N3O3S/c17-10-11-4-6-13(7-5-11)23(21,22)19-16(20)14-3-1-2-12-8-9-18-15(12)14/h1-9,18H,10,17H2,(H,19,20). The highest BCUT2D eigenvalue weighted by Crippen LogP contribution is 2.18. The van der Waals surface area contributed by atoms with Gasteiger partial charge in [0.15, 0.2) is 0 Å². The predicted octanol–water partition coefficient (Wildman–Crippen LogP) is 1.75. The third-order valence-electron chi connectivity index (χ3n) is 3.53. The van der Waals surface area contributed by atoms with Gasteiger partial charge in [0, 0.05) is 18.1 Å². The second kappa shape index (κ2) is 5.86. The maximum atomic E-state index is 12.3. The molecule has 0 saturated carbocycles. The molecular weight excluding hydrogens is 314 g/mol. The molecule has 0 atom stereocenters. The van der Waals surface area contributed by atoms with Crippen molar-refractivity contribution in [3.63, 3.8) is 0 Å². The normalized spacial score (nSPS) is 11.5. The molecule has 23 heavy (non-hydrogen) atoms. The molecule has 0 aliphatic heterocycles. The Hall–Kier alpha value is -2.64. The number of nitrogens with two attached hydrogens (primary N) is 1. The van der Waals surface area contributed by atoms with Crippen molar-refractivity contribution >= 4 is 26.8 Å². The van der Waals surface area contributed by atoms with Crippen LogP contribution in [0.3, 0.4) is 0 Å². The minimum absolute atomic E-state index is 0.0155. The molecule has 2 aromatic carbocycles. The van der Waals surface area contributed by atoms with Gasteiger partial charge in [0.05, 0.1) is 16.0 Å². The van der Waals surface area contributed by atoms with Gasteiger partial charge < -0.3 is 10.7 Å². The Kier molecular flexibility index (Phi) is 3.89. The van der Waals surface area contributed by atoms with E-state index in [-0.39, 0.29) is 10.5 Å². The number of H-pyrrole nitrogens is 1. The van der Waals surface area contributed by atoms with E-state index in [0.717, 1.165) is 10.9 Å². The van der Waals surface area contributed by atoms with Gasteiger partial charge in [-0.15, -0.1) is 0 Å². The third kappa shape index (κ3) is 2.96. The molecule has 0 radical (unpaired) electrons. The second-order valence-electron chi connectivity index (χ2n) is 5.03. The van der Waals surface area contributed by atoms with E-state index in [4.69, 9.17) is 5.73 Å². The van der Waals surface area contributed by atoms with Crippen LogP contribution in [0.15, 0.2) is 59.6 Å². The van der Waals surface area contributed by atoms with E-state index in [1.165, 1.54) is 12.1 Å². The van der Waals surface area contributed by atoms with E-state index in [2.05, 4.69) is 9.71 Å². The summed E-state index contributed by atoms with van der Waals surface area (Å²) in [4.78, 5) is 15.3. The molecule has 0 aliphatic carbocycles. The summed E-state index contributed by atoms with van der Waals surface area (Å²) < 4.78 is 26.7. The largest absolute Gasteiger partial charge is 0.361 e. The average Bonchev–Trinajstić information content (AvgIpc) is 3.03. The van der Waals surface area contributed by atoms with Crippen LogP contribution >= 0.6 is 0 Å². The van der Waals surface area contributed by atoms with Gasteiger partial charge in [-0.2, -0.15) is 0 Å². The quantitative estimate of drug-likeness (QED) is 0.678. The lowest BCUT2D eigenvalue weighted by molar-refractivity contribution is 0.0983. The van der Waals surface area contributed by atoms with Crippen LogP contribution in [0.4, 0.5) is 0 Å². The molecule has 118 valence electrons. The van der Waals surface area contributed by atoms with E-state index >= 15 is 0 Å². The molecule has 1 aromatic heterocycles. The molecule has 0 unspecified atom stereocenters. The molecule has 0 saturated heterocycles. The van der Waals surface area contributed by atoms with Gasteiger partial charge in [0.1, 0.15) is 0 Å². The van der Waals surface area contributed by atoms with Crippen molar-refractivity contribution in [1.29, 1.82) is 0 Å². The lowest BCUT2D eigenvalue weighted by Crippen LogP contribution is -2.30. The predicted molar refractivity (Wildman–Crippen MR) is 87.3 cm³/mol. The molecule has 0 aliphatic rings. The Morgan fingerprint density at radius 3 is 2.52 bits per heavy atom. The first-order chi connectivity index (χ1) is 11.0. The highest BCUT2D eigenvalue weighted by Gasteiger charge is 2.20. The molecule has 0 fully saturated rings. The molecule has 0 spiro atoms. The molecule has 7 heteroatoms. The highest BCUT2D eigenvalue weighted by molar-refractivity contribution is 7.90. The van der Waals surface area contributed by atoms with Crippen molar-refractivity contribution in [2.24, 2.45) is 5.73 Å². The van der Waals surface area contributed by atoms with Gasteiger partial charge in [-0.1, -0.05) is 24.3 Å². The SMILES string of the molecule is NCc1ccc(S(=O)(=O)NC(=O)c2cccc3cc[nH]c23)cc1. The monoisotopic (exact) mass is 329 g/mol. The number of aromatic nitrogens is 1. The fraction of sp³-hybridized carbons (Fsp3) is 0.0625. The maximum absolute atomic E-state index is 12.3. The summed E-state index contributed by atoms with van der Waals surface area (Å²) in [5.74, 6) is -0.680. The lowest BCUT2D eigenvalue weighted by Gasteiger charge is -2.08. The summed E-state index contributed by atoms with van der Waals surface area (Å²) >= 11 is 0. The zero-order chi connectivity index (χ0) is 16.4. The number of amides is 1. The Labute approximate surface area is 133 Å². The molecule has 1 amide bonds. The molecular formula is C16H15N3O3S. The number of benzene rings is 2. The second-order valence-corrected chi connectivity index (χ2v) is 6.71. The van der Waals surface area contributed by atoms with E-state index in [9.17, 15) is 13.2 Å². The number of aromatic amines is 1. The molecule has 4 N–H and O–H groups in total. The van der Waals surface area contributed by atoms with Gasteiger partial charge in [-0.3, -0.25) is 4.79 Å². The molecule has 0 bridgehead atoms. The zero-order valence-corrected chi connectivity index (χ0v) is 12.9. The first-order valence-corrected chi connectivity index (χ1v) is 8.42. The van der Waals surface area contributed by atoms with Crippen LogP contribution in [0.1, 0.15) is 15.9 Å². The van der Waals surface area contributed by atoms with Gasteiger partial charge in [0.25, 0.3) is 15.9 Å². The highest BCUT2D eigenvalue weighted by atomic mass is 32.2. The summed E-state index contributed by atoms with van der Waals surface area (Å²) in [5, 5.41) is 0.836. The van der Waals surface area contributed by atoms with E-state index in [1.807, 2.05) is 12.1 Å². The zero-order valence-electron chi connectivity index (χ0n) is 12.1. The number of sulfonamides is 1. The van der Waals surface area contributed by atoms with Crippen molar-refractivity contribution in [3.05, 3.63) is 65.9 Å². The molecule has 3 rings (SSSR count). The number of carbonyl (C=O) groups is 1. The maximum Gasteiger partial charge on any atom is 0.267 e. The first-order valence-electron chi connectivity index (χ1n) is 6.93. The summed E-state index contributed by atoms with van der Waals surface area (Å²) in [7, 11) is -3.94. The van der Waals surface area contributed by atoms with Crippen LogP contribution in [0.2, 0.25) is 0 Å². The van der Waals surface area contributed by atoms with E-state index in [1.54, 1.807) is 30.5 Å². The van der Waals surface area contributed by atoms with Gasteiger partial charge >= 0.3 is 0 Å². The summed E-state index contributed by atoms with van der Waals surface area (Å²) in [5.41, 5.74) is 7.17. The lowest BCUT2D eigenvalue weighted by atomic mass is 10.1. The van der Waals surface area contributed by atoms with Crippen molar-refractivity contribution in [2.45, 2.75) is 11.4 Å². The first kappa shape index (κ1) is 15.3. The van der Waals surface area contributed by atoms with Crippen LogP contribution in [0.5, 0.6) is 0 Å². The summed E-state index contributed by atoms with van der Waals surface area (Å²) in [6, 6.07) is 13.0. The van der Waals surface area contributed by atoms with Crippen molar-refractivity contribution < 1.29 is 13.2 Å². The Morgan fingerprint density at radius 1 is 1.09 bits per heavy atom. The van der Waals surface area contributed by atoms with Gasteiger partial charge in [0.2, 0.25) is 0 Å². The number of fused-ring (bicyclic) bond motifs is 1. The Bertz CT molecular complexity index is 960. The van der Waals surface area contributed by atoms with Crippen molar-refractivity contribution in [1.82, 2.24) is 9.71 Å². The van der Waals surface area contributed by atoms with E-state index in [0.29, 0.717) is 12.1 Å². The number of carbonyl (C=O) groups excluding carboxylic acids is 1. The van der Waals surface area contributed by atoms with Crippen molar-refractivity contribution in [2.75, 3.05) is 0 Å². The minimum atomic E-state index is -3.94. The molecule has 3 aromatic rings. The number of para-hydroxylation sites is 1. The number of hydrogen-bond donors (Lipinski definition) is 3. The molecule has 6 nitrogen and oxygen atoms in total. The topological polar surface area (TPSA) is 105 Å². The number of hydrogen-bond acceptors (Lipinski definition) is 4. The van der Waals surface area contributed by atoms with Crippen LogP contribution in [-0.2, 0) is 16.6 Å². The fourth-order valence-corrected chi connectivity index (χ4v) is 3.28. The summed E-state index contributed by atoms with van der Waals surface area (Å²) in [6.45, 7) is 0.321. The average molecular weight is 329 g/mol. The Morgan fingerprint density at radius 2 is 1.83 bits per heavy atom. The minimum Gasteiger partial charge on any atom is -0.361 e.